The summed E-state index contributed by atoms with van der Waals surface area (Å²) in [7, 11) is 0. The summed E-state index contributed by atoms with van der Waals surface area (Å²) in [5.74, 6) is 0. The zero-order valence-corrected chi connectivity index (χ0v) is 29.6. The third-order valence-electron chi connectivity index (χ3n) is 11.0. The van der Waals surface area contributed by atoms with Gasteiger partial charge in [-0.25, -0.2) is 0 Å². The summed E-state index contributed by atoms with van der Waals surface area (Å²) in [4.78, 5) is 2.39. The van der Waals surface area contributed by atoms with Crippen LogP contribution in [0.1, 0.15) is 25.0 Å². The van der Waals surface area contributed by atoms with E-state index in [1.807, 2.05) is 12.2 Å². The fourth-order valence-corrected chi connectivity index (χ4v) is 8.43. The van der Waals surface area contributed by atoms with Gasteiger partial charge in [-0.15, -0.1) is 0 Å². The van der Waals surface area contributed by atoms with E-state index in [1.54, 1.807) is 0 Å². The molecule has 0 aromatic heterocycles. The molecule has 0 aliphatic heterocycles. The fourth-order valence-electron chi connectivity index (χ4n) is 8.43. The second kappa shape index (κ2) is 12.4. The van der Waals surface area contributed by atoms with E-state index in [-0.39, 0.29) is 5.41 Å². The van der Waals surface area contributed by atoms with E-state index in [9.17, 15) is 0 Å². The maximum atomic E-state index is 4.18. The van der Waals surface area contributed by atoms with Crippen LogP contribution in [0.25, 0.3) is 60.1 Å². The van der Waals surface area contributed by atoms with Gasteiger partial charge < -0.3 is 4.90 Å². The Labute approximate surface area is 306 Å². The van der Waals surface area contributed by atoms with Crippen LogP contribution in [0.4, 0.5) is 17.1 Å². The van der Waals surface area contributed by atoms with E-state index < -0.39 is 0 Å². The van der Waals surface area contributed by atoms with Crippen LogP contribution in [0.3, 0.4) is 0 Å². The third kappa shape index (κ3) is 5.00. The minimum atomic E-state index is -0.195. The van der Waals surface area contributed by atoms with Crippen molar-refractivity contribution in [3.05, 3.63) is 206 Å². The molecule has 0 saturated carbocycles. The largest absolute Gasteiger partial charge is 0.310 e. The van der Waals surface area contributed by atoms with Gasteiger partial charge in [-0.2, -0.15) is 0 Å². The van der Waals surface area contributed by atoms with E-state index >= 15 is 0 Å². The Kier molecular flexibility index (Phi) is 7.52. The van der Waals surface area contributed by atoms with E-state index in [4.69, 9.17) is 0 Å². The number of anilines is 3. The van der Waals surface area contributed by atoms with Crippen molar-refractivity contribution in [2.75, 3.05) is 4.90 Å². The second-order valence-electron chi connectivity index (χ2n) is 14.2. The van der Waals surface area contributed by atoms with Gasteiger partial charge >= 0.3 is 0 Å². The van der Waals surface area contributed by atoms with Crippen molar-refractivity contribution >= 4 is 55.0 Å². The van der Waals surface area contributed by atoms with Gasteiger partial charge in [-0.3, -0.25) is 0 Å². The highest BCUT2D eigenvalue weighted by Crippen LogP contribution is 2.49. The maximum Gasteiger partial charge on any atom is 0.0467 e. The Morgan fingerprint density at radius 2 is 0.942 bits per heavy atom. The normalized spacial score (nSPS) is 13.4. The number of fused-ring (bicyclic) bond motifs is 7. The number of rotatable bonds is 7. The highest BCUT2D eigenvalue weighted by atomic mass is 15.1. The lowest BCUT2D eigenvalue weighted by Gasteiger charge is -2.29. The number of hydrogen-bond donors (Lipinski definition) is 0. The van der Waals surface area contributed by atoms with Crippen LogP contribution in [0.15, 0.2) is 195 Å². The Balaban J connectivity index is 1.20. The second-order valence-corrected chi connectivity index (χ2v) is 14.2. The lowest BCUT2D eigenvalue weighted by molar-refractivity contribution is 0.654. The zero-order chi connectivity index (χ0) is 35.4. The number of allylic oxidation sites excluding steroid dienone is 4. The van der Waals surface area contributed by atoms with Crippen LogP contribution in [-0.2, 0) is 5.41 Å². The van der Waals surface area contributed by atoms with E-state index in [1.165, 1.54) is 76.8 Å². The SMILES string of the molecule is C=CC1=C(C=C)C(C)(C)c2cc(N(c3ccc(-c4ccccc4)cc3)c3cccc(-c4ccc5c6ccccc6c6ccccc6c5c4)c3)ccc21. The predicted molar refractivity (Wildman–Crippen MR) is 225 cm³/mol. The standard InChI is InChI=1S/C51H39N/c1-5-41-47-30-28-40(33-50(47)51(3,4)49(41)6-2)52(38-26-23-35(24-27-38)34-15-8-7-9-16-34)39-18-14-17-36(31-39)37-25-29-46-44-21-11-10-19-42(44)43-20-12-13-22-45(43)48(46)32-37/h5-33H,1-2H2,3-4H3. The molecule has 8 aromatic carbocycles. The van der Waals surface area contributed by atoms with Crippen molar-refractivity contribution in [3.63, 3.8) is 0 Å². The summed E-state index contributed by atoms with van der Waals surface area (Å²) in [5, 5.41) is 7.70. The average molecular weight is 666 g/mol. The summed E-state index contributed by atoms with van der Waals surface area (Å²) in [6.45, 7) is 12.9. The highest BCUT2D eigenvalue weighted by molar-refractivity contribution is 6.25. The molecule has 52 heavy (non-hydrogen) atoms. The predicted octanol–water partition coefficient (Wildman–Crippen LogP) is 14.4. The van der Waals surface area contributed by atoms with E-state index in [2.05, 4.69) is 196 Å². The summed E-state index contributed by atoms with van der Waals surface area (Å²) in [6.07, 6.45) is 3.97. The topological polar surface area (TPSA) is 3.24 Å². The summed E-state index contributed by atoms with van der Waals surface area (Å²) in [5.41, 5.74) is 12.8. The fraction of sp³-hybridized carbons (Fsp3) is 0.0588. The van der Waals surface area contributed by atoms with Crippen LogP contribution in [0.5, 0.6) is 0 Å². The van der Waals surface area contributed by atoms with Gasteiger partial charge in [-0.05, 0) is 119 Å². The molecule has 248 valence electrons. The van der Waals surface area contributed by atoms with Crippen LogP contribution in [0, 0.1) is 0 Å². The Bertz CT molecular complexity index is 2690. The number of hydrogen-bond acceptors (Lipinski definition) is 1. The lowest BCUT2D eigenvalue weighted by atomic mass is 9.81. The van der Waals surface area contributed by atoms with E-state index in [0.29, 0.717) is 0 Å². The summed E-state index contributed by atoms with van der Waals surface area (Å²) in [6, 6.07) is 59.8. The third-order valence-corrected chi connectivity index (χ3v) is 11.0. The van der Waals surface area contributed by atoms with Gasteiger partial charge in [-0.1, -0.05) is 160 Å². The van der Waals surface area contributed by atoms with Crippen molar-refractivity contribution < 1.29 is 0 Å². The molecule has 0 N–H and O–H groups in total. The van der Waals surface area contributed by atoms with Crippen LogP contribution < -0.4 is 4.90 Å². The molecule has 0 radical (unpaired) electrons. The van der Waals surface area contributed by atoms with Gasteiger partial charge in [0.1, 0.15) is 0 Å². The summed E-state index contributed by atoms with van der Waals surface area (Å²) < 4.78 is 0. The average Bonchev–Trinajstić information content (AvgIpc) is 3.43. The van der Waals surface area contributed by atoms with Crippen molar-refractivity contribution in [3.8, 4) is 22.3 Å². The minimum Gasteiger partial charge on any atom is -0.310 e. The van der Waals surface area contributed by atoms with Crippen molar-refractivity contribution in [1.29, 1.82) is 0 Å². The van der Waals surface area contributed by atoms with Crippen molar-refractivity contribution in [1.82, 2.24) is 0 Å². The maximum absolute atomic E-state index is 4.18. The molecular weight excluding hydrogens is 627 g/mol. The molecule has 9 rings (SSSR count). The highest BCUT2D eigenvalue weighted by Gasteiger charge is 2.36. The molecule has 0 unspecified atom stereocenters. The van der Waals surface area contributed by atoms with Crippen molar-refractivity contribution in [2.24, 2.45) is 0 Å². The molecule has 1 aliphatic rings. The molecule has 0 atom stereocenters. The first-order chi connectivity index (χ1) is 25.5. The molecule has 1 heteroatoms. The lowest BCUT2D eigenvalue weighted by Crippen LogP contribution is -2.17. The van der Waals surface area contributed by atoms with E-state index in [0.717, 1.165) is 17.1 Å². The van der Waals surface area contributed by atoms with Crippen LogP contribution >= 0.6 is 0 Å². The molecule has 1 nitrogen and oxygen atoms in total. The molecule has 0 amide bonds. The number of benzene rings is 8. The Morgan fingerprint density at radius 1 is 0.423 bits per heavy atom. The first-order valence-corrected chi connectivity index (χ1v) is 18.0. The number of nitrogens with zero attached hydrogens (tertiary/aromatic N) is 1. The molecule has 1 aliphatic carbocycles. The van der Waals surface area contributed by atoms with Gasteiger partial charge in [0.15, 0.2) is 0 Å². The van der Waals surface area contributed by atoms with Gasteiger partial charge in [0.25, 0.3) is 0 Å². The minimum absolute atomic E-state index is 0.195. The van der Waals surface area contributed by atoms with Gasteiger partial charge in [0, 0.05) is 22.5 Å². The molecule has 0 saturated heterocycles. The van der Waals surface area contributed by atoms with Crippen LogP contribution in [-0.4, -0.2) is 0 Å². The first-order valence-electron chi connectivity index (χ1n) is 18.0. The Hall–Kier alpha value is -6.44. The molecule has 0 bridgehead atoms. The molecular formula is C51H39N. The molecule has 0 spiro atoms. The van der Waals surface area contributed by atoms with Gasteiger partial charge in [0.2, 0.25) is 0 Å². The van der Waals surface area contributed by atoms with Crippen LogP contribution in [0.2, 0.25) is 0 Å². The monoisotopic (exact) mass is 665 g/mol. The first kappa shape index (κ1) is 31.5. The zero-order valence-electron chi connectivity index (χ0n) is 29.6. The van der Waals surface area contributed by atoms with Crippen molar-refractivity contribution in [2.45, 2.75) is 19.3 Å². The summed E-state index contributed by atoms with van der Waals surface area (Å²) >= 11 is 0. The Morgan fingerprint density at radius 3 is 1.60 bits per heavy atom. The quantitative estimate of drug-likeness (QED) is 0.153. The molecule has 0 fully saturated rings. The molecule has 8 aromatic rings. The van der Waals surface area contributed by atoms with Gasteiger partial charge in [0.05, 0.1) is 0 Å². The smallest absolute Gasteiger partial charge is 0.0467 e. The molecule has 0 heterocycles.